The van der Waals surface area contributed by atoms with Crippen LogP contribution in [0.25, 0.3) is 0 Å². The average molecular weight is 391 g/mol. The van der Waals surface area contributed by atoms with Crippen molar-refractivity contribution in [2.45, 2.75) is 27.0 Å². The number of rotatable bonds is 8. The predicted octanol–water partition coefficient (Wildman–Crippen LogP) is 4.34. The van der Waals surface area contributed by atoms with Gasteiger partial charge in [0.15, 0.2) is 6.61 Å². The molecule has 0 bridgehead atoms. The number of benzene rings is 2. The molecule has 0 amide bonds. The van der Waals surface area contributed by atoms with Gasteiger partial charge in [-0.2, -0.15) is 0 Å². The molecule has 29 heavy (non-hydrogen) atoms. The molecule has 5 nitrogen and oxygen atoms in total. The Kier molecular flexibility index (Phi) is 6.62. The predicted molar refractivity (Wildman–Crippen MR) is 111 cm³/mol. The zero-order chi connectivity index (χ0) is 20.8. The van der Waals surface area contributed by atoms with Crippen LogP contribution in [0.15, 0.2) is 60.7 Å². The third-order valence-corrected chi connectivity index (χ3v) is 4.89. The van der Waals surface area contributed by atoms with Gasteiger partial charge in [-0.15, -0.1) is 0 Å². The van der Waals surface area contributed by atoms with Gasteiger partial charge in [-0.1, -0.05) is 42.5 Å². The van der Waals surface area contributed by atoms with Gasteiger partial charge >= 0.3 is 5.97 Å². The number of aromatic nitrogens is 1. The Morgan fingerprint density at radius 3 is 2.28 bits per heavy atom. The molecule has 0 saturated heterocycles. The van der Waals surface area contributed by atoms with Gasteiger partial charge in [0.1, 0.15) is 0 Å². The Morgan fingerprint density at radius 1 is 0.931 bits per heavy atom. The van der Waals surface area contributed by atoms with Gasteiger partial charge in [0, 0.05) is 30.6 Å². The summed E-state index contributed by atoms with van der Waals surface area (Å²) < 4.78 is 12.4. The average Bonchev–Trinajstić information content (AvgIpc) is 3.01. The lowest BCUT2D eigenvalue weighted by atomic mass is 10.1. The quantitative estimate of drug-likeness (QED) is 0.423. The van der Waals surface area contributed by atoms with Crippen molar-refractivity contribution in [3.8, 4) is 0 Å². The van der Waals surface area contributed by atoms with Gasteiger partial charge in [0.05, 0.1) is 12.2 Å². The van der Waals surface area contributed by atoms with E-state index in [9.17, 15) is 9.59 Å². The smallest absolute Gasteiger partial charge is 0.338 e. The Bertz CT molecular complexity index is 988. The van der Waals surface area contributed by atoms with Crippen LogP contribution >= 0.6 is 0 Å². The van der Waals surface area contributed by atoms with E-state index in [1.165, 1.54) is 0 Å². The number of ether oxygens (including phenoxy) is 2. The largest absolute Gasteiger partial charge is 0.454 e. The molecule has 0 fully saturated rings. The minimum absolute atomic E-state index is 0.207. The Balaban J connectivity index is 1.65. The molecule has 0 aliphatic heterocycles. The lowest BCUT2D eigenvalue weighted by Gasteiger charge is -2.10. The summed E-state index contributed by atoms with van der Waals surface area (Å²) >= 11 is 0. The monoisotopic (exact) mass is 391 g/mol. The number of methoxy groups -OCH3 is 1. The highest BCUT2D eigenvalue weighted by atomic mass is 16.5. The van der Waals surface area contributed by atoms with E-state index in [4.69, 9.17) is 9.47 Å². The summed E-state index contributed by atoms with van der Waals surface area (Å²) in [5.41, 5.74) is 4.99. The van der Waals surface area contributed by atoms with E-state index in [2.05, 4.69) is 16.7 Å². The van der Waals surface area contributed by atoms with Crippen LogP contribution in [0, 0.1) is 13.8 Å². The number of Topliss-reactive ketones (excluding diaryl/α,β-unsaturated/α-hetero) is 1. The summed E-state index contributed by atoms with van der Waals surface area (Å²) in [6, 6.07) is 18.9. The van der Waals surface area contributed by atoms with Gasteiger partial charge in [-0.25, -0.2) is 4.79 Å². The Hall–Kier alpha value is -3.18. The zero-order valence-corrected chi connectivity index (χ0v) is 17.0. The number of aryl methyl sites for hydroxylation is 1. The summed E-state index contributed by atoms with van der Waals surface area (Å²) in [4.78, 5) is 24.9. The van der Waals surface area contributed by atoms with E-state index in [0.717, 1.165) is 22.5 Å². The van der Waals surface area contributed by atoms with E-state index in [0.29, 0.717) is 24.3 Å². The Morgan fingerprint density at radius 2 is 1.62 bits per heavy atom. The molecular formula is C24H25NO4. The highest BCUT2D eigenvalue weighted by Crippen LogP contribution is 2.18. The number of hydrogen-bond donors (Lipinski definition) is 0. The summed E-state index contributed by atoms with van der Waals surface area (Å²) in [5, 5.41) is 0. The molecule has 150 valence electrons. The minimum Gasteiger partial charge on any atom is -0.454 e. The normalized spacial score (nSPS) is 10.7. The molecule has 0 N–H and O–H groups in total. The first-order valence-electron chi connectivity index (χ1n) is 9.48. The molecule has 0 saturated carbocycles. The van der Waals surface area contributed by atoms with Crippen LogP contribution in [0.1, 0.15) is 43.2 Å². The number of nitrogens with zero attached hydrogens (tertiary/aromatic N) is 1. The van der Waals surface area contributed by atoms with Crippen molar-refractivity contribution >= 4 is 11.8 Å². The first-order valence-corrected chi connectivity index (χ1v) is 9.48. The molecule has 0 atom stereocenters. The van der Waals surface area contributed by atoms with E-state index < -0.39 is 5.97 Å². The van der Waals surface area contributed by atoms with E-state index in [1.54, 1.807) is 31.4 Å². The van der Waals surface area contributed by atoms with Crippen LogP contribution in [0.4, 0.5) is 0 Å². The fourth-order valence-electron chi connectivity index (χ4n) is 3.29. The van der Waals surface area contributed by atoms with Crippen molar-refractivity contribution in [1.29, 1.82) is 0 Å². The molecule has 5 heteroatoms. The van der Waals surface area contributed by atoms with Crippen molar-refractivity contribution in [2.75, 3.05) is 13.7 Å². The van der Waals surface area contributed by atoms with Gasteiger partial charge in [-0.3, -0.25) is 4.79 Å². The number of carbonyl (C=O) groups is 2. The zero-order valence-electron chi connectivity index (χ0n) is 17.0. The van der Waals surface area contributed by atoms with Crippen LogP contribution in [0.3, 0.4) is 0 Å². The van der Waals surface area contributed by atoms with Crippen molar-refractivity contribution in [1.82, 2.24) is 4.57 Å². The minimum atomic E-state index is -0.514. The lowest BCUT2D eigenvalue weighted by molar-refractivity contribution is 0.0474. The number of ketones is 1. The highest BCUT2D eigenvalue weighted by Gasteiger charge is 2.18. The molecule has 0 spiro atoms. The third kappa shape index (κ3) is 5.00. The second-order valence-corrected chi connectivity index (χ2v) is 6.99. The van der Waals surface area contributed by atoms with Gasteiger partial charge in [0.2, 0.25) is 5.78 Å². The molecule has 1 aromatic heterocycles. The second-order valence-electron chi connectivity index (χ2n) is 6.99. The fourth-order valence-corrected chi connectivity index (χ4v) is 3.29. The van der Waals surface area contributed by atoms with Crippen LogP contribution < -0.4 is 0 Å². The first-order chi connectivity index (χ1) is 14.0. The summed E-state index contributed by atoms with van der Waals surface area (Å²) in [6.45, 7) is 4.78. The maximum absolute atomic E-state index is 12.7. The Labute approximate surface area is 170 Å². The van der Waals surface area contributed by atoms with Gasteiger partial charge in [0.25, 0.3) is 0 Å². The molecule has 0 aliphatic carbocycles. The van der Waals surface area contributed by atoms with Crippen molar-refractivity contribution < 1.29 is 19.1 Å². The maximum atomic E-state index is 12.7. The molecule has 0 radical (unpaired) electrons. The third-order valence-electron chi connectivity index (χ3n) is 4.89. The topological polar surface area (TPSA) is 57.5 Å². The summed E-state index contributed by atoms with van der Waals surface area (Å²) in [7, 11) is 1.62. The lowest BCUT2D eigenvalue weighted by Crippen LogP contribution is -2.15. The fraction of sp³-hybridized carbons (Fsp3) is 0.250. The van der Waals surface area contributed by atoms with Crippen molar-refractivity contribution in [2.24, 2.45) is 0 Å². The van der Waals surface area contributed by atoms with Crippen molar-refractivity contribution in [3.05, 3.63) is 94.3 Å². The molecule has 3 aromatic rings. The van der Waals surface area contributed by atoms with Crippen LogP contribution in [0.5, 0.6) is 0 Å². The summed E-state index contributed by atoms with van der Waals surface area (Å²) in [5.74, 6) is -0.720. The van der Waals surface area contributed by atoms with E-state index in [-0.39, 0.29) is 12.4 Å². The standard InChI is InChI=1S/C24H25NO4/c1-17-13-22(18(2)25(17)14-19-7-5-4-6-8-19)23(26)16-29-24(27)21-11-9-20(10-12-21)15-28-3/h4-13H,14-16H2,1-3H3. The number of esters is 1. The van der Waals surface area contributed by atoms with Gasteiger partial charge in [-0.05, 0) is 43.2 Å². The number of hydrogen-bond acceptors (Lipinski definition) is 4. The van der Waals surface area contributed by atoms with E-state index in [1.807, 2.05) is 38.1 Å². The summed E-state index contributed by atoms with van der Waals surface area (Å²) in [6.07, 6.45) is 0. The molecule has 0 unspecified atom stereocenters. The van der Waals surface area contributed by atoms with Crippen LogP contribution in [-0.4, -0.2) is 30.0 Å². The van der Waals surface area contributed by atoms with E-state index >= 15 is 0 Å². The highest BCUT2D eigenvalue weighted by molar-refractivity contribution is 6.00. The first kappa shape index (κ1) is 20.6. The van der Waals surface area contributed by atoms with Gasteiger partial charge < -0.3 is 14.0 Å². The second kappa shape index (κ2) is 9.34. The maximum Gasteiger partial charge on any atom is 0.338 e. The van der Waals surface area contributed by atoms with Crippen LogP contribution in [0.2, 0.25) is 0 Å². The molecular weight excluding hydrogens is 366 g/mol. The molecule has 3 rings (SSSR count). The molecule has 1 heterocycles. The molecule has 0 aliphatic rings. The van der Waals surface area contributed by atoms with Crippen molar-refractivity contribution in [3.63, 3.8) is 0 Å². The SMILES string of the molecule is COCc1ccc(C(=O)OCC(=O)c2cc(C)n(Cc3ccccc3)c2C)cc1. The molecule has 2 aromatic carbocycles. The van der Waals surface area contributed by atoms with Crippen LogP contribution in [-0.2, 0) is 22.6 Å². The number of carbonyl (C=O) groups excluding carboxylic acids is 2.